The maximum atomic E-state index is 11.0. The van der Waals surface area contributed by atoms with Gasteiger partial charge in [-0.25, -0.2) is 0 Å². The van der Waals surface area contributed by atoms with E-state index in [-0.39, 0.29) is 10.9 Å². The van der Waals surface area contributed by atoms with Gasteiger partial charge in [0, 0.05) is 6.20 Å². The van der Waals surface area contributed by atoms with E-state index in [1.54, 1.807) is 16.9 Å². The molecule has 3 rings (SSSR count). The van der Waals surface area contributed by atoms with E-state index in [1.165, 1.54) is 19.2 Å². The monoisotopic (exact) mass is 285 g/mol. The Hall–Kier alpha value is -2.64. The number of methoxy groups -OCH3 is 1. The van der Waals surface area contributed by atoms with Gasteiger partial charge in [-0.3, -0.25) is 14.9 Å². The fourth-order valence-electron chi connectivity index (χ4n) is 2.17. The molecule has 108 valence electrons. The van der Waals surface area contributed by atoms with Crippen molar-refractivity contribution >= 4 is 16.6 Å². The highest BCUT2D eigenvalue weighted by atomic mass is 16.8. The fourth-order valence-corrected chi connectivity index (χ4v) is 2.17. The lowest BCUT2D eigenvalue weighted by atomic mass is 10.2. The summed E-state index contributed by atoms with van der Waals surface area (Å²) < 4.78 is 6.97. The average molecular weight is 285 g/mol. The van der Waals surface area contributed by atoms with Crippen molar-refractivity contribution in [1.82, 2.24) is 14.8 Å². The minimum atomic E-state index is -0.186. The van der Waals surface area contributed by atoms with Crippen LogP contribution < -0.4 is 9.96 Å². The zero-order valence-corrected chi connectivity index (χ0v) is 11.3. The Kier molecular flexibility index (Phi) is 3.43. The Morgan fingerprint density at radius 3 is 2.86 bits per heavy atom. The molecule has 21 heavy (non-hydrogen) atoms. The highest BCUT2D eigenvalue weighted by molar-refractivity contribution is 5.88. The zero-order valence-electron chi connectivity index (χ0n) is 11.3. The van der Waals surface area contributed by atoms with Crippen LogP contribution in [0, 0.1) is 5.21 Å². The zero-order chi connectivity index (χ0) is 14.8. The first-order chi connectivity index (χ1) is 10.2. The minimum Gasteiger partial charge on any atom is -0.733 e. The minimum absolute atomic E-state index is 0.123. The summed E-state index contributed by atoms with van der Waals surface area (Å²) >= 11 is 0. The van der Waals surface area contributed by atoms with Crippen LogP contribution in [0.5, 0.6) is 5.88 Å². The number of benzene rings is 1. The summed E-state index contributed by atoms with van der Waals surface area (Å²) in [5.74, 6) is 0.393. The summed E-state index contributed by atoms with van der Waals surface area (Å²) in [7, 11) is 1.51. The Bertz CT molecular complexity index is 756. The predicted molar refractivity (Wildman–Crippen MR) is 77.3 cm³/mol. The van der Waals surface area contributed by atoms with Gasteiger partial charge < -0.3 is 15.2 Å². The fraction of sp³-hybridized carbons (Fsp3) is 0.143. The van der Waals surface area contributed by atoms with Crippen LogP contribution in [0.4, 0.5) is 5.69 Å². The molecule has 0 saturated heterocycles. The Morgan fingerprint density at radius 1 is 1.33 bits per heavy atom. The van der Waals surface area contributed by atoms with Gasteiger partial charge >= 0.3 is 0 Å². The molecule has 3 aromatic rings. The van der Waals surface area contributed by atoms with Crippen LogP contribution >= 0.6 is 0 Å². The summed E-state index contributed by atoms with van der Waals surface area (Å²) in [5.41, 5.74) is 1.78. The third-order valence-electron chi connectivity index (χ3n) is 3.15. The molecule has 0 radical (unpaired) electrons. The molecule has 0 aliphatic carbocycles. The van der Waals surface area contributed by atoms with Crippen LogP contribution in [0.15, 0.2) is 42.6 Å². The molecule has 0 spiro atoms. The molecule has 2 heterocycles. The summed E-state index contributed by atoms with van der Waals surface area (Å²) in [6, 6.07) is 10.4. The molecular weight excluding hydrogens is 272 g/mol. The van der Waals surface area contributed by atoms with Gasteiger partial charge in [0.2, 0.25) is 5.88 Å². The van der Waals surface area contributed by atoms with E-state index in [4.69, 9.17) is 9.94 Å². The first-order valence-corrected chi connectivity index (χ1v) is 6.29. The molecular formula is C14H13N4O3-. The van der Waals surface area contributed by atoms with Crippen molar-refractivity contribution in [2.45, 2.75) is 6.54 Å². The molecule has 0 unspecified atom stereocenters. The van der Waals surface area contributed by atoms with Crippen molar-refractivity contribution in [3.8, 4) is 5.88 Å². The van der Waals surface area contributed by atoms with Gasteiger partial charge in [-0.15, -0.1) is 5.10 Å². The van der Waals surface area contributed by atoms with Crippen molar-refractivity contribution in [1.29, 1.82) is 0 Å². The van der Waals surface area contributed by atoms with Gasteiger partial charge in [-0.1, -0.05) is 6.07 Å². The maximum Gasteiger partial charge on any atom is 0.240 e. The van der Waals surface area contributed by atoms with Gasteiger partial charge in [0.05, 0.1) is 35.9 Å². The average Bonchev–Trinajstić information content (AvgIpc) is 2.85. The van der Waals surface area contributed by atoms with E-state index in [0.717, 1.165) is 11.2 Å². The van der Waals surface area contributed by atoms with Gasteiger partial charge in [0.25, 0.3) is 0 Å². The molecule has 1 aromatic carbocycles. The van der Waals surface area contributed by atoms with E-state index in [9.17, 15) is 5.21 Å². The molecule has 1 N–H and O–H groups in total. The number of pyridine rings is 1. The van der Waals surface area contributed by atoms with Crippen molar-refractivity contribution in [3.05, 3.63) is 53.5 Å². The summed E-state index contributed by atoms with van der Waals surface area (Å²) in [6.07, 6.45) is 1.72. The quantitative estimate of drug-likeness (QED) is 0.739. The molecule has 2 aromatic heterocycles. The van der Waals surface area contributed by atoms with Crippen molar-refractivity contribution < 1.29 is 9.94 Å². The maximum absolute atomic E-state index is 11.0. The van der Waals surface area contributed by atoms with E-state index in [2.05, 4.69) is 10.1 Å². The number of hydrogen-bond donors (Lipinski definition) is 1. The standard InChI is InChI=1S/C14H13N4O3/c1-21-14-12-8-11(18(19)20)5-6-13(12)17(16-14)9-10-4-2-3-7-15-10/h2-8,19H,9H2,1H3/q-1. The molecule has 0 amide bonds. The van der Waals surface area contributed by atoms with E-state index >= 15 is 0 Å². The number of aromatic nitrogens is 3. The van der Waals surface area contributed by atoms with E-state index < -0.39 is 0 Å². The molecule has 0 atom stereocenters. The lowest BCUT2D eigenvalue weighted by molar-refractivity contribution is 0.296. The number of hydrogen-bond acceptors (Lipinski definition) is 6. The lowest BCUT2D eigenvalue weighted by Gasteiger charge is -2.21. The number of anilines is 1. The molecule has 0 aliphatic rings. The number of ether oxygens (including phenoxy) is 1. The summed E-state index contributed by atoms with van der Waals surface area (Å²) in [5, 5.41) is 24.8. The van der Waals surface area contributed by atoms with Gasteiger partial charge in [0.1, 0.15) is 0 Å². The number of fused-ring (bicyclic) bond motifs is 1. The molecule has 0 bridgehead atoms. The third kappa shape index (κ3) is 2.51. The Morgan fingerprint density at radius 2 is 2.19 bits per heavy atom. The second-order valence-electron chi connectivity index (χ2n) is 4.46. The summed E-state index contributed by atoms with van der Waals surface area (Å²) in [4.78, 5) is 4.26. The van der Waals surface area contributed by atoms with Crippen molar-refractivity contribution in [3.63, 3.8) is 0 Å². The lowest BCUT2D eigenvalue weighted by Crippen LogP contribution is -2.06. The van der Waals surface area contributed by atoms with Crippen LogP contribution in [0.3, 0.4) is 0 Å². The highest BCUT2D eigenvalue weighted by Gasteiger charge is 2.12. The van der Waals surface area contributed by atoms with E-state index in [0.29, 0.717) is 17.8 Å². The largest absolute Gasteiger partial charge is 0.733 e. The second-order valence-corrected chi connectivity index (χ2v) is 4.46. The van der Waals surface area contributed by atoms with Crippen LogP contribution in [-0.2, 0) is 6.54 Å². The smallest absolute Gasteiger partial charge is 0.240 e. The van der Waals surface area contributed by atoms with Crippen LogP contribution in [0.1, 0.15) is 5.69 Å². The van der Waals surface area contributed by atoms with Crippen molar-refractivity contribution in [2.75, 3.05) is 12.3 Å². The van der Waals surface area contributed by atoms with Gasteiger partial charge in [-0.2, -0.15) is 0 Å². The molecule has 0 aliphatic heterocycles. The summed E-state index contributed by atoms with van der Waals surface area (Å²) in [6.45, 7) is 0.486. The third-order valence-corrected chi connectivity index (χ3v) is 3.15. The van der Waals surface area contributed by atoms with Crippen LogP contribution in [0.25, 0.3) is 10.9 Å². The Labute approximate surface area is 120 Å². The van der Waals surface area contributed by atoms with E-state index in [1.807, 2.05) is 18.2 Å². The molecule has 0 saturated carbocycles. The normalized spacial score (nSPS) is 10.8. The first-order valence-electron chi connectivity index (χ1n) is 6.29. The van der Waals surface area contributed by atoms with Crippen LogP contribution in [0.2, 0.25) is 0 Å². The van der Waals surface area contributed by atoms with Gasteiger partial charge in [0.15, 0.2) is 0 Å². The predicted octanol–water partition coefficient (Wildman–Crippen LogP) is 2.18. The Balaban J connectivity index is 2.07. The number of nitrogens with zero attached hydrogens (tertiary/aromatic N) is 4. The highest BCUT2D eigenvalue weighted by Crippen LogP contribution is 2.29. The van der Waals surface area contributed by atoms with Gasteiger partial charge in [-0.05, 0) is 30.3 Å². The molecule has 0 fully saturated rings. The molecule has 7 nitrogen and oxygen atoms in total. The number of rotatable bonds is 4. The second kappa shape index (κ2) is 5.39. The SMILES string of the molecule is COc1nn(Cc2ccccn2)c2ccc(N([O-])O)cc12. The topological polar surface area (TPSA) is 86.5 Å². The van der Waals surface area contributed by atoms with Crippen LogP contribution in [-0.4, -0.2) is 27.1 Å². The van der Waals surface area contributed by atoms with Crippen molar-refractivity contribution in [2.24, 2.45) is 0 Å². The first kappa shape index (κ1) is 13.3. The molecule has 7 heteroatoms.